The highest BCUT2D eigenvalue weighted by Gasteiger charge is 2.25. The fourth-order valence-corrected chi connectivity index (χ4v) is 1.50. The third-order valence-electron chi connectivity index (χ3n) is 2.36. The second-order valence-corrected chi connectivity index (χ2v) is 4.16. The normalized spacial score (nSPS) is 19.7. The van der Waals surface area contributed by atoms with Gasteiger partial charge in [0.25, 0.3) is 0 Å². The van der Waals surface area contributed by atoms with Crippen molar-refractivity contribution in [2.75, 3.05) is 6.54 Å². The predicted molar refractivity (Wildman–Crippen MR) is 57.6 cm³/mol. The van der Waals surface area contributed by atoms with Crippen LogP contribution in [0.4, 0.5) is 0 Å². The molecule has 0 amide bonds. The zero-order valence-electron chi connectivity index (χ0n) is 8.66. The van der Waals surface area contributed by atoms with Crippen molar-refractivity contribution in [2.24, 2.45) is 4.99 Å². The van der Waals surface area contributed by atoms with E-state index in [-0.39, 0.29) is 5.60 Å². The first kappa shape index (κ1) is 9.25. The van der Waals surface area contributed by atoms with E-state index in [9.17, 15) is 0 Å². The van der Waals surface area contributed by atoms with Crippen LogP contribution in [0.2, 0.25) is 0 Å². The predicted octanol–water partition coefficient (Wildman–Crippen LogP) is 2.63. The molecule has 2 nitrogen and oxygen atoms in total. The smallest absolute Gasteiger partial charge is 0.216 e. The second kappa shape index (κ2) is 3.45. The number of aliphatic imine (C=N–C) groups is 1. The minimum absolute atomic E-state index is 0.0765. The van der Waals surface area contributed by atoms with Crippen molar-refractivity contribution < 1.29 is 4.74 Å². The molecule has 1 aromatic rings. The van der Waals surface area contributed by atoms with Crippen molar-refractivity contribution in [2.45, 2.75) is 25.9 Å². The molecule has 74 valence electrons. The van der Waals surface area contributed by atoms with Gasteiger partial charge < -0.3 is 4.74 Å². The average Bonchev–Trinajstić information content (AvgIpc) is 2.18. The van der Waals surface area contributed by atoms with Crippen LogP contribution in [0.15, 0.2) is 35.3 Å². The lowest BCUT2D eigenvalue weighted by atomic mass is 10.0. The lowest BCUT2D eigenvalue weighted by molar-refractivity contribution is 0.0776. The van der Waals surface area contributed by atoms with Crippen molar-refractivity contribution >= 4 is 5.90 Å². The summed E-state index contributed by atoms with van der Waals surface area (Å²) in [5.74, 6) is 0.779. The van der Waals surface area contributed by atoms with Crippen LogP contribution in [0.1, 0.15) is 25.8 Å². The Bertz CT molecular complexity index is 341. The van der Waals surface area contributed by atoms with Crippen molar-refractivity contribution in [3.63, 3.8) is 0 Å². The Morgan fingerprint density at radius 1 is 1.21 bits per heavy atom. The summed E-state index contributed by atoms with van der Waals surface area (Å²) in [6.45, 7) is 5.06. The van der Waals surface area contributed by atoms with Gasteiger partial charge in [0, 0.05) is 18.5 Å². The van der Waals surface area contributed by atoms with Gasteiger partial charge in [0.1, 0.15) is 5.60 Å². The van der Waals surface area contributed by atoms with Gasteiger partial charge in [-0.3, -0.25) is 4.99 Å². The summed E-state index contributed by atoms with van der Waals surface area (Å²) in [5, 5.41) is 0. The van der Waals surface area contributed by atoms with Gasteiger partial charge in [0.15, 0.2) is 0 Å². The summed E-state index contributed by atoms with van der Waals surface area (Å²) in [6, 6.07) is 10.1. The number of rotatable bonds is 1. The molecule has 0 saturated heterocycles. The Hall–Kier alpha value is -1.31. The Morgan fingerprint density at radius 2 is 1.93 bits per heavy atom. The molecule has 0 saturated carbocycles. The molecule has 0 N–H and O–H groups in total. The largest absolute Gasteiger partial charge is 0.471 e. The lowest BCUT2D eigenvalue weighted by Gasteiger charge is -2.30. The van der Waals surface area contributed by atoms with Gasteiger partial charge in [-0.1, -0.05) is 18.2 Å². The molecule has 14 heavy (non-hydrogen) atoms. The van der Waals surface area contributed by atoms with Gasteiger partial charge in [0.2, 0.25) is 5.90 Å². The first-order valence-electron chi connectivity index (χ1n) is 4.96. The molecule has 1 heterocycles. The average molecular weight is 189 g/mol. The number of hydrogen-bond acceptors (Lipinski definition) is 2. The summed E-state index contributed by atoms with van der Waals surface area (Å²) in [7, 11) is 0. The first-order chi connectivity index (χ1) is 6.67. The molecule has 0 aliphatic carbocycles. The summed E-state index contributed by atoms with van der Waals surface area (Å²) >= 11 is 0. The summed E-state index contributed by atoms with van der Waals surface area (Å²) in [5.41, 5.74) is 0.993. The Balaban J connectivity index is 2.24. The molecule has 0 atom stereocenters. The quantitative estimate of drug-likeness (QED) is 0.665. The molecule has 0 aromatic heterocycles. The molecule has 0 unspecified atom stereocenters. The van der Waals surface area contributed by atoms with Gasteiger partial charge in [-0.05, 0) is 26.0 Å². The van der Waals surface area contributed by atoms with E-state index in [1.165, 1.54) is 0 Å². The van der Waals surface area contributed by atoms with Crippen LogP contribution in [-0.2, 0) is 4.74 Å². The minimum Gasteiger partial charge on any atom is -0.471 e. The molecule has 1 aliphatic heterocycles. The first-order valence-corrected chi connectivity index (χ1v) is 4.96. The second-order valence-electron chi connectivity index (χ2n) is 4.16. The van der Waals surface area contributed by atoms with E-state index in [0.29, 0.717) is 0 Å². The van der Waals surface area contributed by atoms with Crippen LogP contribution in [0.5, 0.6) is 0 Å². The number of nitrogens with zero attached hydrogens (tertiary/aromatic N) is 1. The maximum absolute atomic E-state index is 5.81. The van der Waals surface area contributed by atoms with Gasteiger partial charge in [-0.25, -0.2) is 0 Å². The molecule has 0 spiro atoms. The lowest BCUT2D eigenvalue weighted by Crippen LogP contribution is -2.33. The van der Waals surface area contributed by atoms with Crippen LogP contribution in [0, 0.1) is 0 Å². The highest BCUT2D eigenvalue weighted by Crippen LogP contribution is 2.21. The highest BCUT2D eigenvalue weighted by atomic mass is 16.5. The summed E-state index contributed by atoms with van der Waals surface area (Å²) < 4.78 is 5.81. The molecular weight excluding hydrogens is 174 g/mol. The summed E-state index contributed by atoms with van der Waals surface area (Å²) in [6.07, 6.45) is 0.989. The summed E-state index contributed by atoms with van der Waals surface area (Å²) in [4.78, 5) is 4.39. The van der Waals surface area contributed by atoms with Crippen LogP contribution in [0.3, 0.4) is 0 Å². The van der Waals surface area contributed by atoms with E-state index in [2.05, 4.69) is 18.8 Å². The van der Waals surface area contributed by atoms with Crippen LogP contribution in [-0.4, -0.2) is 18.0 Å². The van der Waals surface area contributed by atoms with Gasteiger partial charge in [-0.2, -0.15) is 0 Å². The third-order valence-corrected chi connectivity index (χ3v) is 2.36. The van der Waals surface area contributed by atoms with Crippen LogP contribution in [0.25, 0.3) is 0 Å². The topological polar surface area (TPSA) is 21.6 Å². The van der Waals surface area contributed by atoms with E-state index in [1.54, 1.807) is 0 Å². The van der Waals surface area contributed by atoms with Crippen molar-refractivity contribution in [3.8, 4) is 0 Å². The maximum atomic E-state index is 5.81. The van der Waals surface area contributed by atoms with Crippen LogP contribution < -0.4 is 0 Å². The number of ether oxygens (including phenoxy) is 1. The molecule has 2 heteroatoms. The van der Waals surface area contributed by atoms with E-state index in [4.69, 9.17) is 4.74 Å². The number of hydrogen-bond donors (Lipinski definition) is 0. The van der Waals surface area contributed by atoms with Gasteiger partial charge in [-0.15, -0.1) is 0 Å². The van der Waals surface area contributed by atoms with Crippen molar-refractivity contribution in [3.05, 3.63) is 35.9 Å². The molecule has 0 fully saturated rings. The molecule has 0 bridgehead atoms. The Labute approximate surface area is 84.6 Å². The fourth-order valence-electron chi connectivity index (χ4n) is 1.50. The van der Waals surface area contributed by atoms with E-state index >= 15 is 0 Å². The zero-order chi connectivity index (χ0) is 10.0. The zero-order valence-corrected chi connectivity index (χ0v) is 8.66. The molecule has 1 aliphatic rings. The van der Waals surface area contributed by atoms with E-state index in [1.807, 2.05) is 30.3 Å². The molecule has 1 aromatic carbocycles. The SMILES string of the molecule is CC1(C)CCN=C(c2ccccc2)O1. The monoisotopic (exact) mass is 189 g/mol. The fraction of sp³-hybridized carbons (Fsp3) is 0.417. The van der Waals surface area contributed by atoms with Gasteiger partial charge in [0.05, 0.1) is 0 Å². The van der Waals surface area contributed by atoms with E-state index in [0.717, 1.165) is 24.4 Å². The Kier molecular flexibility index (Phi) is 2.28. The molecule has 2 rings (SSSR count). The van der Waals surface area contributed by atoms with Gasteiger partial charge >= 0.3 is 0 Å². The standard InChI is InChI=1S/C12H15NO/c1-12(2)8-9-13-11(14-12)10-6-4-3-5-7-10/h3-7H,8-9H2,1-2H3. The Morgan fingerprint density at radius 3 is 2.57 bits per heavy atom. The highest BCUT2D eigenvalue weighted by molar-refractivity contribution is 5.94. The van der Waals surface area contributed by atoms with Crippen molar-refractivity contribution in [1.82, 2.24) is 0 Å². The minimum atomic E-state index is -0.0765. The van der Waals surface area contributed by atoms with Crippen molar-refractivity contribution in [1.29, 1.82) is 0 Å². The third kappa shape index (κ3) is 1.95. The number of benzene rings is 1. The van der Waals surface area contributed by atoms with E-state index < -0.39 is 0 Å². The van der Waals surface area contributed by atoms with Crippen LogP contribution >= 0.6 is 0 Å². The molecule has 0 radical (unpaired) electrons. The molecular formula is C12H15NO. The maximum Gasteiger partial charge on any atom is 0.216 e.